The van der Waals surface area contributed by atoms with E-state index in [2.05, 4.69) is 4.90 Å². The Hall–Kier alpha value is -2.73. The van der Waals surface area contributed by atoms with Gasteiger partial charge in [0.15, 0.2) is 0 Å². The molecule has 0 bridgehead atoms. The van der Waals surface area contributed by atoms with Gasteiger partial charge in [-0.3, -0.25) is 14.5 Å². The summed E-state index contributed by atoms with van der Waals surface area (Å²) in [5.41, 5.74) is 3.20. The maximum absolute atomic E-state index is 14.0. The first-order valence-electron chi connectivity index (χ1n) is 9.63. The third-order valence-corrected chi connectivity index (χ3v) is 5.68. The van der Waals surface area contributed by atoms with Crippen LogP contribution >= 0.6 is 0 Å². The molecule has 6 heteroatoms. The van der Waals surface area contributed by atoms with Crippen molar-refractivity contribution in [3.05, 3.63) is 59.4 Å². The SMILES string of the molecule is Cc1ccc(C)c(N2C(=O)C[C@@H](N3CCN(c4ccccc4F)CC3)C2=O)c1. The average Bonchev–Trinajstić information content (AvgIpc) is 2.98. The predicted octanol–water partition coefficient (Wildman–Crippen LogP) is 2.90. The second kappa shape index (κ2) is 7.36. The number of benzene rings is 2. The van der Waals surface area contributed by atoms with E-state index in [0.717, 1.165) is 11.1 Å². The van der Waals surface area contributed by atoms with Crippen molar-refractivity contribution in [2.45, 2.75) is 26.3 Å². The van der Waals surface area contributed by atoms with Gasteiger partial charge in [-0.25, -0.2) is 9.29 Å². The number of rotatable bonds is 3. The van der Waals surface area contributed by atoms with Gasteiger partial charge < -0.3 is 4.90 Å². The Morgan fingerprint density at radius 3 is 2.36 bits per heavy atom. The van der Waals surface area contributed by atoms with E-state index in [1.807, 2.05) is 43.0 Å². The first-order chi connectivity index (χ1) is 13.5. The summed E-state index contributed by atoms with van der Waals surface area (Å²) in [4.78, 5) is 31.1. The van der Waals surface area contributed by atoms with E-state index in [4.69, 9.17) is 0 Å². The molecule has 2 fully saturated rings. The van der Waals surface area contributed by atoms with Crippen LogP contribution in [0.25, 0.3) is 0 Å². The molecule has 2 aliphatic heterocycles. The third-order valence-electron chi connectivity index (χ3n) is 5.68. The molecule has 4 rings (SSSR count). The number of carbonyl (C=O) groups excluding carboxylic acids is 2. The second-order valence-electron chi connectivity index (χ2n) is 7.55. The Labute approximate surface area is 164 Å². The van der Waals surface area contributed by atoms with Crippen molar-refractivity contribution in [1.29, 1.82) is 0 Å². The van der Waals surface area contributed by atoms with Gasteiger partial charge in [0.1, 0.15) is 5.82 Å². The summed E-state index contributed by atoms with van der Waals surface area (Å²) in [6.45, 7) is 6.37. The van der Waals surface area contributed by atoms with Gasteiger partial charge in [0.25, 0.3) is 5.91 Å². The number of hydrogen-bond acceptors (Lipinski definition) is 4. The van der Waals surface area contributed by atoms with E-state index in [9.17, 15) is 14.0 Å². The van der Waals surface area contributed by atoms with Crippen LogP contribution in [0.2, 0.25) is 0 Å². The van der Waals surface area contributed by atoms with Crippen molar-refractivity contribution < 1.29 is 14.0 Å². The Balaban J connectivity index is 1.48. The molecule has 0 saturated carbocycles. The summed E-state index contributed by atoms with van der Waals surface area (Å²) >= 11 is 0. The van der Waals surface area contributed by atoms with Gasteiger partial charge in [0.05, 0.1) is 23.8 Å². The number of halogens is 1. The molecule has 2 aromatic rings. The van der Waals surface area contributed by atoms with Crippen LogP contribution in [0.5, 0.6) is 0 Å². The van der Waals surface area contributed by atoms with Crippen molar-refractivity contribution in [1.82, 2.24) is 4.90 Å². The normalized spacial score (nSPS) is 20.9. The number of amides is 2. The summed E-state index contributed by atoms with van der Waals surface area (Å²) in [5.74, 6) is -0.539. The summed E-state index contributed by atoms with van der Waals surface area (Å²) < 4.78 is 14.0. The highest BCUT2D eigenvalue weighted by atomic mass is 19.1. The largest absolute Gasteiger partial charge is 0.367 e. The van der Waals surface area contributed by atoms with Gasteiger partial charge in [-0.05, 0) is 43.2 Å². The summed E-state index contributed by atoms with van der Waals surface area (Å²) in [7, 11) is 0. The average molecular weight is 381 g/mol. The standard InChI is InChI=1S/C22H24FN3O2/c1-15-7-8-16(2)19(13-15)26-21(27)14-20(22(26)28)25-11-9-24(10-12-25)18-6-4-3-5-17(18)23/h3-8,13,20H,9-12,14H2,1-2H3/t20-/m1/s1. The van der Waals surface area contributed by atoms with Crippen molar-refractivity contribution in [2.24, 2.45) is 0 Å². The van der Waals surface area contributed by atoms with Crippen molar-refractivity contribution >= 4 is 23.2 Å². The van der Waals surface area contributed by atoms with Crippen LogP contribution in [-0.2, 0) is 9.59 Å². The fraction of sp³-hybridized carbons (Fsp3) is 0.364. The number of nitrogens with zero attached hydrogens (tertiary/aromatic N) is 3. The van der Waals surface area contributed by atoms with E-state index in [0.29, 0.717) is 37.6 Å². The highest BCUT2D eigenvalue weighted by Crippen LogP contribution is 2.30. The minimum Gasteiger partial charge on any atom is -0.367 e. The molecule has 0 aliphatic carbocycles. The van der Waals surface area contributed by atoms with Crippen molar-refractivity contribution in [2.75, 3.05) is 36.0 Å². The maximum Gasteiger partial charge on any atom is 0.251 e. The summed E-state index contributed by atoms with van der Waals surface area (Å²) in [5, 5.41) is 0. The lowest BCUT2D eigenvalue weighted by Crippen LogP contribution is -2.52. The Kier molecular flexibility index (Phi) is 4.89. The van der Waals surface area contributed by atoms with Gasteiger partial charge >= 0.3 is 0 Å². The molecule has 146 valence electrons. The molecule has 1 atom stereocenters. The Morgan fingerprint density at radius 2 is 1.64 bits per heavy atom. The first-order valence-corrected chi connectivity index (χ1v) is 9.63. The molecular formula is C22H24FN3O2. The van der Waals surface area contributed by atoms with Gasteiger partial charge in [-0.2, -0.15) is 0 Å². The van der Waals surface area contributed by atoms with Crippen LogP contribution in [0.1, 0.15) is 17.5 Å². The molecule has 0 radical (unpaired) electrons. The fourth-order valence-electron chi connectivity index (χ4n) is 4.10. The van der Waals surface area contributed by atoms with E-state index in [-0.39, 0.29) is 24.1 Å². The number of hydrogen-bond donors (Lipinski definition) is 0. The van der Waals surface area contributed by atoms with Crippen molar-refractivity contribution in [3.63, 3.8) is 0 Å². The molecular weight excluding hydrogens is 357 g/mol. The zero-order valence-electron chi connectivity index (χ0n) is 16.2. The summed E-state index contributed by atoms with van der Waals surface area (Å²) in [6.07, 6.45) is 0.200. The predicted molar refractivity (Wildman–Crippen MR) is 107 cm³/mol. The van der Waals surface area contributed by atoms with Gasteiger partial charge in [0, 0.05) is 26.2 Å². The quantitative estimate of drug-likeness (QED) is 0.767. The number of aryl methyl sites for hydroxylation is 2. The molecule has 2 heterocycles. The zero-order valence-corrected chi connectivity index (χ0v) is 16.2. The monoisotopic (exact) mass is 381 g/mol. The fourth-order valence-corrected chi connectivity index (χ4v) is 4.10. The topological polar surface area (TPSA) is 43.9 Å². The minimum atomic E-state index is -0.435. The smallest absolute Gasteiger partial charge is 0.251 e. The lowest BCUT2D eigenvalue weighted by atomic mass is 10.1. The molecule has 2 aromatic carbocycles. The van der Waals surface area contributed by atoms with Crippen LogP contribution in [-0.4, -0.2) is 48.9 Å². The highest BCUT2D eigenvalue weighted by Gasteiger charge is 2.43. The number of imide groups is 1. The maximum atomic E-state index is 14.0. The lowest BCUT2D eigenvalue weighted by molar-refractivity contribution is -0.123. The third kappa shape index (κ3) is 3.29. The number of para-hydroxylation sites is 1. The zero-order chi connectivity index (χ0) is 19.8. The van der Waals surface area contributed by atoms with E-state index in [1.165, 1.54) is 11.0 Å². The van der Waals surface area contributed by atoms with E-state index >= 15 is 0 Å². The second-order valence-corrected chi connectivity index (χ2v) is 7.55. The molecule has 2 saturated heterocycles. The highest BCUT2D eigenvalue weighted by molar-refractivity contribution is 6.22. The minimum absolute atomic E-state index is 0.153. The molecule has 0 aromatic heterocycles. The Bertz CT molecular complexity index is 922. The molecule has 0 unspecified atom stereocenters. The van der Waals surface area contributed by atoms with Gasteiger partial charge in [-0.15, -0.1) is 0 Å². The first kappa shape index (κ1) is 18.6. The van der Waals surface area contributed by atoms with Crippen LogP contribution in [0.3, 0.4) is 0 Å². The molecule has 0 spiro atoms. The van der Waals surface area contributed by atoms with Crippen LogP contribution in [0.15, 0.2) is 42.5 Å². The van der Waals surface area contributed by atoms with Gasteiger partial charge in [-0.1, -0.05) is 24.3 Å². The van der Waals surface area contributed by atoms with Crippen LogP contribution < -0.4 is 9.80 Å². The molecule has 28 heavy (non-hydrogen) atoms. The molecule has 0 N–H and O–H groups in total. The molecule has 2 amide bonds. The van der Waals surface area contributed by atoms with Gasteiger partial charge in [0.2, 0.25) is 5.91 Å². The van der Waals surface area contributed by atoms with E-state index < -0.39 is 6.04 Å². The number of piperazine rings is 1. The lowest BCUT2D eigenvalue weighted by Gasteiger charge is -2.38. The Morgan fingerprint density at radius 1 is 0.929 bits per heavy atom. The molecule has 5 nitrogen and oxygen atoms in total. The number of anilines is 2. The van der Waals surface area contributed by atoms with Crippen molar-refractivity contribution in [3.8, 4) is 0 Å². The number of carbonyl (C=O) groups is 2. The summed E-state index contributed by atoms with van der Waals surface area (Å²) in [6, 6.07) is 12.1. The van der Waals surface area contributed by atoms with Crippen LogP contribution in [0.4, 0.5) is 15.8 Å². The van der Waals surface area contributed by atoms with Crippen LogP contribution in [0, 0.1) is 19.7 Å². The van der Waals surface area contributed by atoms with E-state index in [1.54, 1.807) is 12.1 Å². The molecule has 2 aliphatic rings.